The fourth-order valence-electron chi connectivity index (χ4n) is 2.76. The molecule has 0 atom stereocenters. The number of nitrogens with one attached hydrogen (secondary N) is 2. The molecule has 144 valence electrons. The number of rotatable bonds is 4. The van der Waals surface area contributed by atoms with Crippen molar-refractivity contribution in [2.45, 2.75) is 11.8 Å². The lowest BCUT2D eigenvalue weighted by Gasteiger charge is -2.07. The maximum absolute atomic E-state index is 12.2. The molecule has 0 unspecified atom stereocenters. The van der Waals surface area contributed by atoms with Gasteiger partial charge >= 0.3 is 6.03 Å². The molecule has 7 nitrogen and oxygen atoms in total. The second kappa shape index (κ2) is 8.15. The number of fused-ring (bicyclic) bond motifs is 1. The van der Waals surface area contributed by atoms with Crippen LogP contribution in [0.2, 0.25) is 0 Å². The number of aryl methyl sites for hydroxylation is 1. The van der Waals surface area contributed by atoms with Gasteiger partial charge in [0.2, 0.25) is 0 Å². The Bertz CT molecular complexity index is 1190. The predicted octanol–water partition coefficient (Wildman–Crippen LogP) is 3.88. The zero-order valence-electron chi connectivity index (χ0n) is 15.5. The number of urea groups is 1. The quantitative estimate of drug-likeness (QED) is 0.505. The van der Waals surface area contributed by atoms with Crippen LogP contribution in [0.3, 0.4) is 0 Å². The lowest BCUT2D eigenvalue weighted by molar-refractivity contribution is 0.0965. The van der Waals surface area contributed by atoms with Crippen molar-refractivity contribution in [3.05, 3.63) is 83.9 Å². The molecule has 1 heterocycles. The first-order chi connectivity index (χ1) is 14.1. The zero-order chi connectivity index (χ0) is 20.2. The monoisotopic (exact) mass is 403 g/mol. The average molecular weight is 403 g/mol. The predicted molar refractivity (Wildman–Crippen MR) is 112 cm³/mol. The van der Waals surface area contributed by atoms with Crippen molar-refractivity contribution in [3.8, 4) is 5.69 Å². The Morgan fingerprint density at radius 3 is 2.41 bits per heavy atom. The number of aromatic nitrogens is 3. The van der Waals surface area contributed by atoms with Crippen LogP contribution in [-0.2, 0) is 0 Å². The summed E-state index contributed by atoms with van der Waals surface area (Å²) >= 11 is 1.10. The standard InChI is InChI=1S/C21H17N5O2S/c1-14-7-5-6-10-17(14)20(27)22-21(28)25-29-16-11-12-18-19(13-16)24-26(23-18)15-8-3-2-4-9-15/h2-13H,1H3,(H2,22,25,27,28). The van der Waals surface area contributed by atoms with E-state index in [1.807, 2.05) is 67.6 Å². The number of nitrogens with zero attached hydrogens (tertiary/aromatic N) is 3. The minimum absolute atomic E-state index is 0.442. The van der Waals surface area contributed by atoms with Crippen LogP contribution in [0.5, 0.6) is 0 Å². The van der Waals surface area contributed by atoms with Crippen LogP contribution < -0.4 is 10.0 Å². The van der Waals surface area contributed by atoms with Crippen molar-refractivity contribution in [3.63, 3.8) is 0 Å². The topological polar surface area (TPSA) is 88.9 Å². The molecule has 0 aliphatic rings. The maximum atomic E-state index is 12.2. The summed E-state index contributed by atoms with van der Waals surface area (Å²) in [5.74, 6) is -0.442. The Hall–Kier alpha value is -3.65. The van der Waals surface area contributed by atoms with Gasteiger partial charge in [-0.2, -0.15) is 4.80 Å². The lowest BCUT2D eigenvalue weighted by Crippen LogP contribution is -2.36. The van der Waals surface area contributed by atoms with Crippen molar-refractivity contribution < 1.29 is 9.59 Å². The highest BCUT2D eigenvalue weighted by Crippen LogP contribution is 2.20. The van der Waals surface area contributed by atoms with E-state index in [9.17, 15) is 9.59 Å². The SMILES string of the molecule is Cc1ccccc1C(=O)NC(=O)NSc1ccc2nn(-c3ccccc3)nc2c1. The van der Waals surface area contributed by atoms with Gasteiger partial charge in [-0.15, -0.1) is 10.2 Å². The molecule has 4 aromatic rings. The fourth-order valence-corrected chi connectivity index (χ4v) is 3.33. The third kappa shape index (κ3) is 4.27. The van der Waals surface area contributed by atoms with Gasteiger partial charge in [0, 0.05) is 10.5 Å². The van der Waals surface area contributed by atoms with E-state index in [1.54, 1.807) is 16.9 Å². The Morgan fingerprint density at radius 2 is 1.62 bits per heavy atom. The molecule has 0 fully saturated rings. The van der Waals surface area contributed by atoms with Gasteiger partial charge in [-0.1, -0.05) is 36.4 Å². The van der Waals surface area contributed by atoms with E-state index in [4.69, 9.17) is 0 Å². The minimum atomic E-state index is -0.587. The van der Waals surface area contributed by atoms with Crippen molar-refractivity contribution >= 4 is 34.9 Å². The molecule has 2 N–H and O–H groups in total. The Balaban J connectivity index is 1.41. The third-order valence-corrected chi connectivity index (χ3v) is 4.99. The van der Waals surface area contributed by atoms with Crippen LogP contribution in [0.25, 0.3) is 16.7 Å². The molecule has 0 aliphatic heterocycles. The number of para-hydroxylation sites is 1. The van der Waals surface area contributed by atoms with E-state index in [0.29, 0.717) is 11.1 Å². The summed E-state index contributed by atoms with van der Waals surface area (Å²) in [5, 5.41) is 11.3. The summed E-state index contributed by atoms with van der Waals surface area (Å²) in [6.07, 6.45) is 0. The van der Waals surface area contributed by atoms with Crippen molar-refractivity contribution in [1.82, 2.24) is 25.0 Å². The number of benzene rings is 3. The first-order valence-electron chi connectivity index (χ1n) is 8.86. The highest BCUT2D eigenvalue weighted by molar-refractivity contribution is 7.98. The molecule has 3 amide bonds. The number of hydrogen-bond donors (Lipinski definition) is 2. The number of hydrogen-bond acceptors (Lipinski definition) is 5. The van der Waals surface area contributed by atoms with E-state index in [2.05, 4.69) is 20.2 Å². The Kier molecular flexibility index (Phi) is 5.26. The molecule has 8 heteroatoms. The van der Waals surface area contributed by atoms with Crippen LogP contribution in [0.15, 0.2) is 77.7 Å². The van der Waals surface area contributed by atoms with E-state index in [-0.39, 0.29) is 0 Å². The van der Waals surface area contributed by atoms with Crippen LogP contribution >= 0.6 is 11.9 Å². The second-order valence-electron chi connectivity index (χ2n) is 6.28. The molecule has 0 saturated carbocycles. The highest BCUT2D eigenvalue weighted by atomic mass is 32.2. The van der Waals surface area contributed by atoms with Crippen molar-refractivity contribution in [2.24, 2.45) is 0 Å². The number of carbonyl (C=O) groups is 2. The Morgan fingerprint density at radius 1 is 0.897 bits per heavy atom. The summed E-state index contributed by atoms with van der Waals surface area (Å²) in [4.78, 5) is 26.6. The van der Waals surface area contributed by atoms with E-state index >= 15 is 0 Å². The van der Waals surface area contributed by atoms with Gasteiger partial charge in [-0.3, -0.25) is 14.8 Å². The van der Waals surface area contributed by atoms with Crippen LogP contribution in [0.1, 0.15) is 15.9 Å². The summed E-state index contributed by atoms with van der Waals surface area (Å²) in [6.45, 7) is 1.82. The summed E-state index contributed by atoms with van der Waals surface area (Å²) < 4.78 is 2.61. The molecule has 0 bridgehead atoms. The van der Waals surface area contributed by atoms with Crippen LogP contribution in [0.4, 0.5) is 4.79 Å². The third-order valence-electron chi connectivity index (χ3n) is 4.22. The summed E-state index contributed by atoms with van der Waals surface area (Å²) in [7, 11) is 0. The van der Waals surface area contributed by atoms with Gasteiger partial charge in [-0.05, 0) is 60.8 Å². The van der Waals surface area contributed by atoms with Gasteiger partial charge in [0.1, 0.15) is 11.0 Å². The largest absolute Gasteiger partial charge is 0.331 e. The molecule has 0 radical (unpaired) electrons. The number of amides is 3. The fraction of sp³-hybridized carbons (Fsp3) is 0.0476. The molecule has 0 spiro atoms. The number of imide groups is 1. The van der Waals surface area contributed by atoms with Crippen LogP contribution in [-0.4, -0.2) is 26.9 Å². The molecule has 1 aromatic heterocycles. The average Bonchev–Trinajstić information content (AvgIpc) is 3.16. The molecule has 0 saturated heterocycles. The summed E-state index contributed by atoms with van der Waals surface area (Å²) in [5.41, 5.74) is 3.59. The second-order valence-corrected chi connectivity index (χ2v) is 7.16. The van der Waals surface area contributed by atoms with Crippen molar-refractivity contribution in [2.75, 3.05) is 0 Å². The first kappa shape index (κ1) is 18.7. The molecule has 3 aromatic carbocycles. The van der Waals surface area contributed by atoms with E-state index < -0.39 is 11.9 Å². The number of carbonyl (C=O) groups excluding carboxylic acids is 2. The minimum Gasteiger partial charge on any atom is -0.277 e. The highest BCUT2D eigenvalue weighted by Gasteiger charge is 2.12. The van der Waals surface area contributed by atoms with Gasteiger partial charge in [0.05, 0.1) is 5.69 Å². The lowest BCUT2D eigenvalue weighted by atomic mass is 10.1. The van der Waals surface area contributed by atoms with Gasteiger partial charge < -0.3 is 0 Å². The van der Waals surface area contributed by atoms with E-state index in [0.717, 1.165) is 33.6 Å². The van der Waals surface area contributed by atoms with E-state index in [1.165, 1.54) is 0 Å². The normalized spacial score (nSPS) is 10.7. The zero-order valence-corrected chi connectivity index (χ0v) is 16.3. The molecule has 0 aliphatic carbocycles. The van der Waals surface area contributed by atoms with Crippen LogP contribution in [0, 0.1) is 6.92 Å². The van der Waals surface area contributed by atoms with Gasteiger partial charge in [0.25, 0.3) is 5.91 Å². The first-order valence-corrected chi connectivity index (χ1v) is 9.68. The Labute approximate surface area is 171 Å². The molecular formula is C21H17N5O2S. The van der Waals surface area contributed by atoms with Crippen molar-refractivity contribution in [1.29, 1.82) is 0 Å². The molecule has 29 heavy (non-hydrogen) atoms. The molecule has 4 rings (SSSR count). The summed E-state index contributed by atoms with van der Waals surface area (Å²) in [6, 6.07) is 21.6. The smallest absolute Gasteiger partial charge is 0.277 e. The maximum Gasteiger partial charge on any atom is 0.331 e. The van der Waals surface area contributed by atoms with Gasteiger partial charge in [0.15, 0.2) is 0 Å². The van der Waals surface area contributed by atoms with Gasteiger partial charge in [-0.25, -0.2) is 4.79 Å². The molecular weight excluding hydrogens is 386 g/mol.